The van der Waals surface area contributed by atoms with E-state index in [-0.39, 0.29) is 11.7 Å². The van der Waals surface area contributed by atoms with Crippen LogP contribution in [0.15, 0.2) is 35.3 Å². The Morgan fingerprint density at radius 2 is 2.05 bits per heavy atom. The van der Waals surface area contributed by atoms with Crippen LogP contribution in [-0.2, 0) is 4.74 Å². The highest BCUT2D eigenvalue weighted by Gasteiger charge is 2.11. The Labute approximate surface area is 119 Å². The quantitative estimate of drug-likeness (QED) is 0.704. The normalized spacial score (nSPS) is 10.8. The number of nitrogens with zero attached hydrogens (tertiary/aromatic N) is 1. The second-order valence-electron chi connectivity index (χ2n) is 4.72. The molecule has 2 aromatic heterocycles. The van der Waals surface area contributed by atoms with Crippen LogP contribution in [0.25, 0.3) is 22.3 Å². The Balaban J connectivity index is 2.16. The summed E-state index contributed by atoms with van der Waals surface area (Å²) in [5, 5.41) is 0. The van der Waals surface area contributed by atoms with Gasteiger partial charge in [0.05, 0.1) is 18.2 Å². The second-order valence-corrected chi connectivity index (χ2v) is 4.72. The lowest BCUT2D eigenvalue weighted by Gasteiger charge is -2.08. The zero-order chi connectivity index (χ0) is 15.0. The summed E-state index contributed by atoms with van der Waals surface area (Å²) in [7, 11) is 1.35. The highest BCUT2D eigenvalue weighted by molar-refractivity contribution is 5.91. The first-order valence-electron chi connectivity index (χ1n) is 6.36. The number of pyridine rings is 1. The SMILES string of the molecule is COC(=O)c1ccc(C)c(-c2cnc3[nH]c(=O)[nH]c3c2)c1. The van der Waals surface area contributed by atoms with Crippen molar-refractivity contribution in [3.63, 3.8) is 0 Å². The molecule has 3 aromatic rings. The molecule has 6 nitrogen and oxygen atoms in total. The Bertz CT molecular complexity index is 893. The molecular formula is C15H13N3O3. The van der Waals surface area contributed by atoms with Crippen molar-refractivity contribution in [1.82, 2.24) is 15.0 Å². The van der Waals surface area contributed by atoms with Gasteiger partial charge >= 0.3 is 11.7 Å². The summed E-state index contributed by atoms with van der Waals surface area (Å²) in [4.78, 5) is 32.4. The number of ether oxygens (including phenoxy) is 1. The van der Waals surface area contributed by atoms with Gasteiger partial charge in [0.1, 0.15) is 0 Å². The van der Waals surface area contributed by atoms with Gasteiger partial charge in [0.15, 0.2) is 5.65 Å². The summed E-state index contributed by atoms with van der Waals surface area (Å²) in [6.07, 6.45) is 1.66. The molecule has 0 saturated heterocycles. The van der Waals surface area contributed by atoms with Crippen LogP contribution in [0, 0.1) is 6.92 Å². The lowest BCUT2D eigenvalue weighted by molar-refractivity contribution is 0.0601. The molecule has 3 rings (SSSR count). The van der Waals surface area contributed by atoms with Crippen molar-refractivity contribution in [1.29, 1.82) is 0 Å². The maximum absolute atomic E-state index is 11.6. The van der Waals surface area contributed by atoms with E-state index in [0.717, 1.165) is 16.7 Å². The largest absolute Gasteiger partial charge is 0.465 e. The monoisotopic (exact) mass is 283 g/mol. The summed E-state index contributed by atoms with van der Waals surface area (Å²) in [5.74, 6) is -0.389. The third-order valence-corrected chi connectivity index (χ3v) is 3.34. The number of H-pyrrole nitrogens is 2. The fourth-order valence-corrected chi connectivity index (χ4v) is 2.25. The standard InChI is InChI=1S/C15H13N3O3/c1-8-3-4-9(14(19)21-2)5-11(8)10-6-12-13(16-7-10)18-15(20)17-12/h3-7H,1-2H3,(H2,16,17,18,20). The molecule has 106 valence electrons. The predicted octanol–water partition coefficient (Wildman–Crippen LogP) is 2.01. The average Bonchev–Trinajstić information content (AvgIpc) is 2.86. The molecule has 0 saturated carbocycles. The molecule has 2 heterocycles. The van der Waals surface area contributed by atoms with Gasteiger partial charge in [-0.3, -0.25) is 4.98 Å². The van der Waals surface area contributed by atoms with Gasteiger partial charge in [-0.05, 0) is 36.2 Å². The van der Waals surface area contributed by atoms with Crippen molar-refractivity contribution >= 4 is 17.1 Å². The van der Waals surface area contributed by atoms with Gasteiger partial charge in [0.2, 0.25) is 0 Å². The second kappa shape index (κ2) is 4.90. The number of imidazole rings is 1. The molecule has 0 aliphatic carbocycles. The molecule has 0 radical (unpaired) electrons. The highest BCUT2D eigenvalue weighted by atomic mass is 16.5. The highest BCUT2D eigenvalue weighted by Crippen LogP contribution is 2.25. The first kappa shape index (κ1) is 13.1. The molecule has 1 aromatic carbocycles. The van der Waals surface area contributed by atoms with Gasteiger partial charge in [-0.2, -0.15) is 0 Å². The van der Waals surface area contributed by atoms with E-state index in [0.29, 0.717) is 16.7 Å². The molecule has 0 spiro atoms. The number of rotatable bonds is 2. The summed E-state index contributed by atoms with van der Waals surface area (Å²) in [5.41, 5.74) is 4.00. The summed E-state index contributed by atoms with van der Waals surface area (Å²) in [6, 6.07) is 7.15. The first-order valence-corrected chi connectivity index (χ1v) is 6.36. The number of carbonyl (C=O) groups is 1. The van der Waals surface area contributed by atoms with Crippen molar-refractivity contribution in [2.45, 2.75) is 6.92 Å². The third-order valence-electron chi connectivity index (χ3n) is 3.34. The topological polar surface area (TPSA) is 87.8 Å². The van der Waals surface area contributed by atoms with Crippen LogP contribution in [0.2, 0.25) is 0 Å². The van der Waals surface area contributed by atoms with Crippen LogP contribution in [0.4, 0.5) is 0 Å². The number of aryl methyl sites for hydroxylation is 1. The number of hydrogen-bond acceptors (Lipinski definition) is 4. The van der Waals surface area contributed by atoms with E-state index < -0.39 is 0 Å². The molecule has 0 atom stereocenters. The van der Waals surface area contributed by atoms with Crippen molar-refractivity contribution in [3.8, 4) is 11.1 Å². The number of esters is 1. The van der Waals surface area contributed by atoms with Crippen LogP contribution >= 0.6 is 0 Å². The van der Waals surface area contributed by atoms with E-state index >= 15 is 0 Å². The molecule has 6 heteroatoms. The van der Waals surface area contributed by atoms with Gasteiger partial charge in [-0.25, -0.2) is 14.6 Å². The van der Waals surface area contributed by atoms with Crippen LogP contribution in [0.1, 0.15) is 15.9 Å². The Kier molecular flexibility index (Phi) is 3.06. The van der Waals surface area contributed by atoms with Crippen LogP contribution in [0.3, 0.4) is 0 Å². The maximum atomic E-state index is 11.6. The van der Waals surface area contributed by atoms with Crippen molar-refractivity contribution < 1.29 is 9.53 Å². The number of aromatic amines is 2. The van der Waals surface area contributed by atoms with E-state index in [2.05, 4.69) is 15.0 Å². The number of aromatic nitrogens is 3. The van der Waals surface area contributed by atoms with Gasteiger partial charge in [0, 0.05) is 11.8 Å². The number of fused-ring (bicyclic) bond motifs is 1. The van der Waals surface area contributed by atoms with Crippen LogP contribution in [-0.4, -0.2) is 28.0 Å². The maximum Gasteiger partial charge on any atom is 0.337 e. The Hall–Kier alpha value is -2.89. The summed E-state index contributed by atoms with van der Waals surface area (Å²) in [6.45, 7) is 1.94. The number of carbonyl (C=O) groups excluding carboxylic acids is 1. The van der Waals surface area contributed by atoms with E-state index in [1.807, 2.05) is 19.1 Å². The van der Waals surface area contributed by atoms with E-state index in [9.17, 15) is 9.59 Å². The van der Waals surface area contributed by atoms with E-state index in [4.69, 9.17) is 4.74 Å². The lowest BCUT2D eigenvalue weighted by Crippen LogP contribution is -2.01. The van der Waals surface area contributed by atoms with Gasteiger partial charge in [-0.1, -0.05) is 6.07 Å². The van der Waals surface area contributed by atoms with E-state index in [1.165, 1.54) is 7.11 Å². The van der Waals surface area contributed by atoms with Gasteiger partial charge in [0.25, 0.3) is 0 Å². The molecule has 0 unspecified atom stereocenters. The fraction of sp³-hybridized carbons (Fsp3) is 0.133. The van der Waals surface area contributed by atoms with Crippen molar-refractivity contribution in [3.05, 3.63) is 52.1 Å². The van der Waals surface area contributed by atoms with Gasteiger partial charge < -0.3 is 9.72 Å². The van der Waals surface area contributed by atoms with Crippen LogP contribution < -0.4 is 5.69 Å². The Morgan fingerprint density at radius 1 is 1.24 bits per heavy atom. The third kappa shape index (κ3) is 2.31. The number of methoxy groups -OCH3 is 1. The minimum Gasteiger partial charge on any atom is -0.465 e. The van der Waals surface area contributed by atoms with Gasteiger partial charge in [-0.15, -0.1) is 0 Å². The lowest BCUT2D eigenvalue weighted by atomic mass is 9.99. The smallest absolute Gasteiger partial charge is 0.337 e. The number of nitrogens with one attached hydrogen (secondary N) is 2. The fourth-order valence-electron chi connectivity index (χ4n) is 2.25. The molecule has 0 amide bonds. The molecule has 0 aliphatic heterocycles. The molecule has 21 heavy (non-hydrogen) atoms. The van der Waals surface area contributed by atoms with E-state index in [1.54, 1.807) is 18.3 Å². The summed E-state index contributed by atoms with van der Waals surface area (Å²) < 4.78 is 4.73. The molecule has 0 fully saturated rings. The van der Waals surface area contributed by atoms with Crippen molar-refractivity contribution in [2.75, 3.05) is 7.11 Å². The minimum absolute atomic E-state index is 0.297. The average molecular weight is 283 g/mol. The molecule has 0 bridgehead atoms. The number of hydrogen-bond donors (Lipinski definition) is 2. The molecule has 2 N–H and O–H groups in total. The zero-order valence-corrected chi connectivity index (χ0v) is 11.6. The number of benzene rings is 1. The minimum atomic E-state index is -0.389. The van der Waals surface area contributed by atoms with Crippen LogP contribution in [0.5, 0.6) is 0 Å². The van der Waals surface area contributed by atoms with Crippen molar-refractivity contribution in [2.24, 2.45) is 0 Å². The predicted molar refractivity (Wildman–Crippen MR) is 78.2 cm³/mol. The zero-order valence-electron chi connectivity index (χ0n) is 11.6. The Morgan fingerprint density at radius 3 is 2.81 bits per heavy atom. The molecular weight excluding hydrogens is 270 g/mol. The first-order chi connectivity index (χ1) is 10.1. The summed E-state index contributed by atoms with van der Waals surface area (Å²) >= 11 is 0. The molecule has 0 aliphatic rings.